The summed E-state index contributed by atoms with van der Waals surface area (Å²) in [6.45, 7) is 3.04. The fourth-order valence-electron chi connectivity index (χ4n) is 0.761. The first-order valence-electron chi connectivity index (χ1n) is 4.06. The van der Waals surface area contributed by atoms with Gasteiger partial charge in [-0.25, -0.2) is 9.97 Å². The number of aromatic nitrogens is 2. The van der Waals surface area contributed by atoms with E-state index in [1.54, 1.807) is 12.4 Å². The van der Waals surface area contributed by atoms with E-state index >= 15 is 0 Å². The fraction of sp³-hybridized carbons (Fsp3) is 0.500. The van der Waals surface area contributed by atoms with Crippen LogP contribution in [0, 0.1) is 0 Å². The van der Waals surface area contributed by atoms with E-state index in [2.05, 4.69) is 28.5 Å². The Morgan fingerprint density at radius 2 is 2.31 bits per heavy atom. The van der Waals surface area contributed by atoms with Gasteiger partial charge in [-0.15, -0.1) is 0 Å². The molecule has 1 aromatic rings. The lowest BCUT2D eigenvalue weighted by molar-refractivity contribution is 0.987. The largest absolute Gasteiger partial charge is 0.382 e. The van der Waals surface area contributed by atoms with Gasteiger partial charge in [0.2, 0.25) is 0 Å². The molecule has 0 amide bonds. The van der Waals surface area contributed by atoms with Gasteiger partial charge in [-0.1, -0.05) is 6.92 Å². The van der Waals surface area contributed by atoms with Gasteiger partial charge < -0.3 is 11.1 Å². The van der Waals surface area contributed by atoms with E-state index in [9.17, 15) is 0 Å². The van der Waals surface area contributed by atoms with Gasteiger partial charge in [0, 0.05) is 11.8 Å². The molecule has 13 heavy (non-hydrogen) atoms. The van der Waals surface area contributed by atoms with E-state index in [0.717, 1.165) is 12.4 Å². The van der Waals surface area contributed by atoms with Gasteiger partial charge in [-0.05, 0) is 6.26 Å². The molecule has 72 valence electrons. The van der Waals surface area contributed by atoms with E-state index in [4.69, 9.17) is 5.73 Å². The SMILES string of the molecule is CSC(C)CNc1cnc(N)cn1. The summed E-state index contributed by atoms with van der Waals surface area (Å²) in [4.78, 5) is 8.01. The van der Waals surface area contributed by atoms with Crippen LogP contribution in [-0.2, 0) is 0 Å². The van der Waals surface area contributed by atoms with E-state index in [-0.39, 0.29) is 0 Å². The van der Waals surface area contributed by atoms with Crippen LogP contribution in [-0.4, -0.2) is 28.0 Å². The Labute approximate surface area is 82.3 Å². The highest BCUT2D eigenvalue weighted by atomic mass is 32.2. The van der Waals surface area contributed by atoms with Crippen LogP contribution in [0.2, 0.25) is 0 Å². The number of hydrogen-bond acceptors (Lipinski definition) is 5. The van der Waals surface area contributed by atoms with Gasteiger partial charge in [0.1, 0.15) is 11.6 Å². The van der Waals surface area contributed by atoms with Crippen LogP contribution in [0.3, 0.4) is 0 Å². The fourth-order valence-corrected chi connectivity index (χ4v) is 1.01. The number of hydrogen-bond donors (Lipinski definition) is 2. The molecular formula is C8H14N4S. The van der Waals surface area contributed by atoms with Gasteiger partial charge in [0.05, 0.1) is 12.4 Å². The van der Waals surface area contributed by atoms with Crippen LogP contribution in [0.4, 0.5) is 11.6 Å². The number of nitrogens with zero attached hydrogens (tertiary/aromatic N) is 2. The van der Waals surface area contributed by atoms with Crippen LogP contribution in [0.15, 0.2) is 12.4 Å². The molecule has 1 unspecified atom stereocenters. The monoisotopic (exact) mass is 198 g/mol. The van der Waals surface area contributed by atoms with Crippen molar-refractivity contribution in [2.45, 2.75) is 12.2 Å². The summed E-state index contributed by atoms with van der Waals surface area (Å²) in [5.41, 5.74) is 5.40. The molecule has 0 bridgehead atoms. The van der Waals surface area contributed by atoms with E-state index in [1.807, 2.05) is 11.8 Å². The van der Waals surface area contributed by atoms with Crippen molar-refractivity contribution in [3.05, 3.63) is 12.4 Å². The number of thioether (sulfide) groups is 1. The normalized spacial score (nSPS) is 12.5. The van der Waals surface area contributed by atoms with Gasteiger partial charge in [0.15, 0.2) is 0 Å². The van der Waals surface area contributed by atoms with E-state index in [1.165, 1.54) is 0 Å². The molecule has 1 heterocycles. The van der Waals surface area contributed by atoms with E-state index < -0.39 is 0 Å². The van der Waals surface area contributed by atoms with Crippen molar-refractivity contribution in [2.75, 3.05) is 23.9 Å². The highest BCUT2D eigenvalue weighted by Gasteiger charge is 1.99. The summed E-state index contributed by atoms with van der Waals surface area (Å²) in [6.07, 6.45) is 5.27. The highest BCUT2D eigenvalue weighted by molar-refractivity contribution is 7.99. The van der Waals surface area contributed by atoms with E-state index in [0.29, 0.717) is 11.1 Å². The minimum Gasteiger partial charge on any atom is -0.382 e. The molecule has 0 saturated carbocycles. The summed E-state index contributed by atoms with van der Waals surface area (Å²) in [5.74, 6) is 1.22. The maximum Gasteiger partial charge on any atom is 0.144 e. The first-order chi connectivity index (χ1) is 6.22. The summed E-state index contributed by atoms with van der Waals surface area (Å²) in [7, 11) is 0. The lowest BCUT2D eigenvalue weighted by Gasteiger charge is -2.09. The average molecular weight is 198 g/mol. The minimum absolute atomic E-state index is 0.448. The second-order valence-electron chi connectivity index (χ2n) is 2.75. The third kappa shape index (κ3) is 3.50. The number of nitrogens with two attached hydrogens (primary N) is 1. The second kappa shape index (κ2) is 4.91. The third-order valence-electron chi connectivity index (χ3n) is 1.64. The molecule has 3 N–H and O–H groups in total. The van der Waals surface area contributed by atoms with Crippen molar-refractivity contribution in [1.82, 2.24) is 9.97 Å². The molecule has 0 radical (unpaired) electrons. The Hall–Kier alpha value is -0.970. The number of anilines is 2. The summed E-state index contributed by atoms with van der Waals surface area (Å²) >= 11 is 1.81. The summed E-state index contributed by atoms with van der Waals surface area (Å²) in [5, 5.41) is 3.74. The van der Waals surface area contributed by atoms with Crippen LogP contribution < -0.4 is 11.1 Å². The molecule has 0 saturated heterocycles. The quantitative estimate of drug-likeness (QED) is 0.761. The Morgan fingerprint density at radius 3 is 2.85 bits per heavy atom. The Morgan fingerprint density at radius 1 is 1.54 bits per heavy atom. The molecule has 0 aromatic carbocycles. The summed E-state index contributed by atoms with van der Waals surface area (Å²) < 4.78 is 0. The molecular weight excluding hydrogens is 184 g/mol. The van der Waals surface area contributed by atoms with Gasteiger partial charge in [-0.3, -0.25) is 0 Å². The predicted molar refractivity (Wildman–Crippen MR) is 57.9 cm³/mol. The average Bonchev–Trinajstić information content (AvgIpc) is 2.16. The molecule has 1 rings (SSSR count). The second-order valence-corrected chi connectivity index (χ2v) is 4.03. The lowest BCUT2D eigenvalue weighted by atomic mass is 10.4. The first-order valence-corrected chi connectivity index (χ1v) is 5.35. The van der Waals surface area contributed by atoms with Gasteiger partial charge >= 0.3 is 0 Å². The van der Waals surface area contributed by atoms with Crippen molar-refractivity contribution in [3.8, 4) is 0 Å². The summed E-state index contributed by atoms with van der Waals surface area (Å²) in [6, 6.07) is 0. The van der Waals surface area contributed by atoms with Crippen molar-refractivity contribution >= 4 is 23.4 Å². The molecule has 5 heteroatoms. The Balaban J connectivity index is 2.41. The molecule has 4 nitrogen and oxygen atoms in total. The molecule has 1 aromatic heterocycles. The predicted octanol–water partition coefficient (Wildman–Crippen LogP) is 1.22. The molecule has 0 fully saturated rings. The molecule has 0 aliphatic carbocycles. The van der Waals surface area contributed by atoms with Crippen LogP contribution in [0.1, 0.15) is 6.92 Å². The minimum atomic E-state index is 0.448. The van der Waals surface area contributed by atoms with Crippen molar-refractivity contribution < 1.29 is 0 Å². The van der Waals surface area contributed by atoms with Crippen LogP contribution in [0.25, 0.3) is 0 Å². The zero-order chi connectivity index (χ0) is 9.68. The third-order valence-corrected chi connectivity index (χ3v) is 2.62. The Kier molecular flexibility index (Phi) is 3.82. The zero-order valence-electron chi connectivity index (χ0n) is 7.82. The molecule has 0 aliphatic heterocycles. The standard InChI is InChI=1S/C8H14N4S/c1-6(13-2)3-11-8-5-10-7(9)4-12-8/h4-6H,3H2,1-2H3,(H2,9,10)(H,11,12). The molecule has 1 atom stereocenters. The smallest absolute Gasteiger partial charge is 0.144 e. The topological polar surface area (TPSA) is 63.8 Å². The lowest BCUT2D eigenvalue weighted by Crippen LogP contribution is -2.13. The van der Waals surface area contributed by atoms with Crippen LogP contribution in [0.5, 0.6) is 0 Å². The maximum atomic E-state index is 5.40. The molecule has 0 aliphatic rings. The van der Waals surface area contributed by atoms with Crippen LogP contribution >= 0.6 is 11.8 Å². The van der Waals surface area contributed by atoms with Gasteiger partial charge in [0.25, 0.3) is 0 Å². The van der Waals surface area contributed by atoms with Gasteiger partial charge in [-0.2, -0.15) is 11.8 Å². The zero-order valence-corrected chi connectivity index (χ0v) is 8.64. The van der Waals surface area contributed by atoms with Crippen molar-refractivity contribution in [2.24, 2.45) is 0 Å². The molecule has 0 spiro atoms. The maximum absolute atomic E-state index is 5.40. The number of nitrogen functional groups attached to an aromatic ring is 1. The Bertz CT molecular complexity index is 249. The first kappa shape index (κ1) is 10.1. The highest BCUT2D eigenvalue weighted by Crippen LogP contribution is 2.07. The number of rotatable bonds is 4. The van der Waals surface area contributed by atoms with Crippen molar-refractivity contribution in [1.29, 1.82) is 0 Å². The number of nitrogens with one attached hydrogen (secondary N) is 1. The van der Waals surface area contributed by atoms with Crippen molar-refractivity contribution in [3.63, 3.8) is 0 Å².